The lowest BCUT2D eigenvalue weighted by molar-refractivity contribution is 0.0659. The fourth-order valence-electron chi connectivity index (χ4n) is 1.80. The Morgan fingerprint density at radius 3 is 2.89 bits per heavy atom. The number of aromatic nitrogens is 1. The summed E-state index contributed by atoms with van der Waals surface area (Å²) in [4.78, 5) is 15.2. The number of rotatable bonds is 6. The summed E-state index contributed by atoms with van der Waals surface area (Å²) >= 11 is 1.64. The van der Waals surface area contributed by atoms with Crippen LogP contribution in [-0.2, 0) is 13.0 Å². The molecule has 0 aromatic carbocycles. The van der Waals surface area contributed by atoms with Crippen molar-refractivity contribution in [2.45, 2.75) is 26.8 Å². The number of aromatic carboxylic acids is 1. The van der Waals surface area contributed by atoms with Crippen molar-refractivity contribution in [2.75, 3.05) is 6.54 Å². The highest BCUT2D eigenvalue weighted by Crippen LogP contribution is 2.14. The Hall–Kier alpha value is -1.66. The summed E-state index contributed by atoms with van der Waals surface area (Å²) < 4.78 is 5.26. The van der Waals surface area contributed by atoms with Gasteiger partial charge >= 0.3 is 5.97 Å². The second-order valence-corrected chi connectivity index (χ2v) is 5.38. The lowest BCUT2D eigenvalue weighted by Gasteiger charge is -2.00. The van der Waals surface area contributed by atoms with Crippen LogP contribution >= 0.6 is 11.3 Å². The first-order valence-corrected chi connectivity index (χ1v) is 6.88. The van der Waals surface area contributed by atoms with Crippen molar-refractivity contribution in [1.29, 1.82) is 0 Å². The number of aryl methyl sites for hydroxylation is 2. The topological polar surface area (TPSA) is 75.4 Å². The Morgan fingerprint density at radius 1 is 1.53 bits per heavy atom. The highest BCUT2D eigenvalue weighted by molar-refractivity contribution is 7.09. The number of nitrogens with one attached hydrogen (secondary N) is 1. The zero-order chi connectivity index (χ0) is 13.8. The SMILES string of the molecule is Cc1nc(CCNCc2cc(C)c(C(=O)O)o2)cs1. The van der Waals surface area contributed by atoms with Gasteiger partial charge in [-0.15, -0.1) is 11.3 Å². The van der Waals surface area contributed by atoms with Crippen LogP contribution in [0, 0.1) is 13.8 Å². The Bertz CT molecular complexity index is 574. The first-order valence-electron chi connectivity index (χ1n) is 6.00. The molecule has 0 radical (unpaired) electrons. The van der Waals surface area contributed by atoms with Gasteiger partial charge in [-0.3, -0.25) is 0 Å². The molecule has 2 heterocycles. The van der Waals surface area contributed by atoms with E-state index >= 15 is 0 Å². The van der Waals surface area contributed by atoms with E-state index in [2.05, 4.69) is 15.7 Å². The maximum absolute atomic E-state index is 10.8. The third-order valence-corrected chi connectivity index (χ3v) is 3.51. The minimum atomic E-state index is -1.03. The second-order valence-electron chi connectivity index (χ2n) is 4.31. The number of carboxylic acids is 1. The zero-order valence-electron chi connectivity index (χ0n) is 10.9. The fourth-order valence-corrected chi connectivity index (χ4v) is 2.45. The molecule has 0 aliphatic rings. The van der Waals surface area contributed by atoms with Crippen LogP contribution in [0.1, 0.15) is 32.6 Å². The smallest absolute Gasteiger partial charge is 0.372 e. The maximum Gasteiger partial charge on any atom is 0.372 e. The van der Waals surface area contributed by atoms with Gasteiger partial charge in [0, 0.05) is 23.9 Å². The lowest BCUT2D eigenvalue weighted by Crippen LogP contribution is -2.16. The van der Waals surface area contributed by atoms with E-state index < -0.39 is 5.97 Å². The molecule has 0 aliphatic heterocycles. The van der Waals surface area contributed by atoms with E-state index in [4.69, 9.17) is 9.52 Å². The molecule has 0 atom stereocenters. The van der Waals surface area contributed by atoms with Gasteiger partial charge in [0.05, 0.1) is 17.2 Å². The standard InChI is InChI=1S/C13H16N2O3S/c1-8-5-11(18-12(8)13(16)17)6-14-4-3-10-7-19-9(2)15-10/h5,7,14H,3-4,6H2,1-2H3,(H,16,17). The summed E-state index contributed by atoms with van der Waals surface area (Å²) in [6.45, 7) is 5.03. The molecule has 0 amide bonds. The molecule has 6 heteroatoms. The van der Waals surface area contributed by atoms with Crippen LogP contribution in [0.15, 0.2) is 15.9 Å². The second kappa shape index (κ2) is 5.99. The van der Waals surface area contributed by atoms with Gasteiger partial charge in [0.1, 0.15) is 5.76 Å². The van der Waals surface area contributed by atoms with Gasteiger partial charge in [0.2, 0.25) is 5.76 Å². The molecule has 2 aromatic heterocycles. The molecule has 102 valence electrons. The number of furan rings is 1. The molecule has 0 fully saturated rings. The molecule has 19 heavy (non-hydrogen) atoms. The number of nitrogens with zero attached hydrogens (tertiary/aromatic N) is 1. The van der Waals surface area contributed by atoms with Crippen molar-refractivity contribution in [1.82, 2.24) is 10.3 Å². The quantitative estimate of drug-likeness (QED) is 0.795. The van der Waals surface area contributed by atoms with Gasteiger partial charge in [0.15, 0.2) is 0 Å². The van der Waals surface area contributed by atoms with Gasteiger partial charge in [-0.05, 0) is 19.9 Å². The number of thiazole rings is 1. The largest absolute Gasteiger partial charge is 0.475 e. The number of carbonyl (C=O) groups is 1. The average Bonchev–Trinajstić information content (AvgIpc) is 2.91. The van der Waals surface area contributed by atoms with Crippen LogP contribution in [0.4, 0.5) is 0 Å². The molecule has 2 N–H and O–H groups in total. The fraction of sp³-hybridized carbons (Fsp3) is 0.385. The summed E-state index contributed by atoms with van der Waals surface area (Å²) in [7, 11) is 0. The van der Waals surface area contributed by atoms with E-state index in [-0.39, 0.29) is 5.76 Å². The van der Waals surface area contributed by atoms with Crippen LogP contribution in [0.5, 0.6) is 0 Å². The molecule has 0 saturated heterocycles. The van der Waals surface area contributed by atoms with Crippen molar-refractivity contribution in [3.8, 4) is 0 Å². The van der Waals surface area contributed by atoms with E-state index in [1.54, 1.807) is 24.3 Å². The summed E-state index contributed by atoms with van der Waals surface area (Å²) in [6, 6.07) is 1.75. The minimum Gasteiger partial charge on any atom is -0.475 e. The van der Waals surface area contributed by atoms with E-state index in [9.17, 15) is 4.79 Å². The monoisotopic (exact) mass is 280 g/mol. The Kier molecular flexibility index (Phi) is 4.34. The molecule has 2 aromatic rings. The van der Waals surface area contributed by atoms with E-state index in [0.29, 0.717) is 17.9 Å². The van der Waals surface area contributed by atoms with E-state index in [1.807, 2.05) is 6.92 Å². The third kappa shape index (κ3) is 3.65. The van der Waals surface area contributed by atoms with Gasteiger partial charge in [-0.1, -0.05) is 0 Å². The zero-order valence-corrected chi connectivity index (χ0v) is 11.7. The molecular formula is C13H16N2O3S. The molecule has 0 spiro atoms. The first kappa shape index (κ1) is 13.8. The predicted molar refractivity (Wildman–Crippen MR) is 72.7 cm³/mol. The normalized spacial score (nSPS) is 10.8. The summed E-state index contributed by atoms with van der Waals surface area (Å²) in [6.07, 6.45) is 0.857. The molecule has 0 bridgehead atoms. The highest BCUT2D eigenvalue weighted by Gasteiger charge is 2.13. The molecule has 2 rings (SSSR count). The Labute approximate surface area is 115 Å². The molecule has 5 nitrogen and oxygen atoms in total. The van der Waals surface area contributed by atoms with Gasteiger partial charge in [-0.25, -0.2) is 9.78 Å². The predicted octanol–water partition coefficient (Wildman–Crippen LogP) is 2.38. The van der Waals surface area contributed by atoms with Gasteiger partial charge < -0.3 is 14.8 Å². The van der Waals surface area contributed by atoms with Crippen molar-refractivity contribution >= 4 is 17.3 Å². The van der Waals surface area contributed by atoms with Crippen molar-refractivity contribution in [3.05, 3.63) is 39.2 Å². The van der Waals surface area contributed by atoms with Crippen LogP contribution in [0.2, 0.25) is 0 Å². The first-order chi connectivity index (χ1) is 9.06. The Morgan fingerprint density at radius 2 is 2.32 bits per heavy atom. The van der Waals surface area contributed by atoms with E-state index in [0.717, 1.165) is 23.7 Å². The van der Waals surface area contributed by atoms with Crippen LogP contribution in [0.3, 0.4) is 0 Å². The number of hydrogen-bond donors (Lipinski definition) is 2. The van der Waals surface area contributed by atoms with E-state index in [1.165, 1.54) is 0 Å². The van der Waals surface area contributed by atoms with Gasteiger partial charge in [0.25, 0.3) is 0 Å². The van der Waals surface area contributed by atoms with Crippen LogP contribution in [-0.4, -0.2) is 22.6 Å². The summed E-state index contributed by atoms with van der Waals surface area (Å²) in [5.74, 6) is -0.363. The maximum atomic E-state index is 10.8. The third-order valence-electron chi connectivity index (χ3n) is 2.69. The summed E-state index contributed by atoms with van der Waals surface area (Å²) in [5.41, 5.74) is 1.73. The lowest BCUT2D eigenvalue weighted by atomic mass is 10.2. The molecular weight excluding hydrogens is 264 g/mol. The minimum absolute atomic E-state index is 0.0203. The van der Waals surface area contributed by atoms with Gasteiger partial charge in [-0.2, -0.15) is 0 Å². The highest BCUT2D eigenvalue weighted by atomic mass is 32.1. The van der Waals surface area contributed by atoms with Crippen molar-refractivity contribution in [2.24, 2.45) is 0 Å². The summed E-state index contributed by atoms with van der Waals surface area (Å²) in [5, 5.41) is 15.2. The molecule has 0 aliphatic carbocycles. The molecule has 0 saturated carbocycles. The number of carboxylic acid groups (broad SMARTS) is 1. The number of hydrogen-bond acceptors (Lipinski definition) is 5. The van der Waals surface area contributed by atoms with Crippen molar-refractivity contribution in [3.63, 3.8) is 0 Å². The average molecular weight is 280 g/mol. The van der Waals surface area contributed by atoms with Crippen LogP contribution in [0.25, 0.3) is 0 Å². The van der Waals surface area contributed by atoms with Crippen molar-refractivity contribution < 1.29 is 14.3 Å². The van der Waals surface area contributed by atoms with Crippen LogP contribution < -0.4 is 5.32 Å². The molecule has 0 unspecified atom stereocenters. The Balaban J connectivity index is 1.79.